The highest BCUT2D eigenvalue weighted by atomic mass is 28.5. The standard InChI is InChI=1S/C26H35F21O7Si4/c1-55(2,3)52-58(53-56(4,5)6,54-57(7,8)9)14-50-15(48)10-11-16(49)51-26(46,47)25(44,45)24(42,43)23(40,41)22(38,39)21(36,37)20(34,35)19(32,33)17(27,28)12-13-18(29,30)31/h10-11H,12-14H2,1-9H3/b11-10+. The second kappa shape index (κ2) is 16.7. The molecule has 0 N–H and O–H groups in total. The zero-order valence-corrected chi connectivity index (χ0v) is 35.1. The van der Waals surface area contributed by atoms with Crippen molar-refractivity contribution < 1.29 is 124 Å². The largest absolute Gasteiger partial charge is 0.509 e. The van der Waals surface area contributed by atoms with Gasteiger partial charge in [-0.25, -0.2) is 9.59 Å². The van der Waals surface area contributed by atoms with Gasteiger partial charge in [0, 0.05) is 25.0 Å². The van der Waals surface area contributed by atoms with Gasteiger partial charge in [-0.05, 0) is 58.9 Å². The molecule has 0 saturated carbocycles. The predicted octanol–water partition coefficient (Wildman–Crippen LogP) is 10.7. The van der Waals surface area contributed by atoms with Crippen molar-refractivity contribution in [2.24, 2.45) is 0 Å². The van der Waals surface area contributed by atoms with Crippen molar-refractivity contribution in [3.8, 4) is 0 Å². The maximum atomic E-state index is 14.2. The number of carbonyl (C=O) groups excluding carboxylic acids is 2. The number of esters is 2. The number of ether oxygens (including phenoxy) is 2. The quantitative estimate of drug-likeness (QED) is 0.0491. The van der Waals surface area contributed by atoms with E-state index in [1.54, 1.807) is 58.9 Å². The molecule has 0 saturated heterocycles. The number of alkyl halides is 21. The van der Waals surface area contributed by atoms with Crippen LogP contribution in [0.15, 0.2) is 12.2 Å². The Labute approximate surface area is 319 Å². The van der Waals surface area contributed by atoms with E-state index in [0.717, 1.165) is 0 Å². The van der Waals surface area contributed by atoms with E-state index in [2.05, 4.69) is 4.74 Å². The van der Waals surface area contributed by atoms with Crippen LogP contribution in [0.2, 0.25) is 58.9 Å². The maximum Gasteiger partial charge on any atom is 0.509 e. The average Bonchev–Trinajstić information content (AvgIpc) is 2.93. The fourth-order valence-electron chi connectivity index (χ4n) is 3.97. The van der Waals surface area contributed by atoms with E-state index in [1.165, 1.54) is 0 Å². The van der Waals surface area contributed by atoms with Crippen molar-refractivity contribution in [1.82, 2.24) is 0 Å². The molecule has 0 aromatic carbocycles. The number of hydrogen-bond donors (Lipinski definition) is 0. The Bertz CT molecular complexity index is 1440. The third kappa shape index (κ3) is 12.3. The van der Waals surface area contributed by atoms with E-state index in [0.29, 0.717) is 0 Å². The van der Waals surface area contributed by atoms with E-state index in [4.69, 9.17) is 17.1 Å². The average molecular weight is 971 g/mol. The molecule has 58 heavy (non-hydrogen) atoms. The monoisotopic (exact) mass is 970 g/mol. The van der Waals surface area contributed by atoms with Crippen molar-refractivity contribution in [3.63, 3.8) is 0 Å². The van der Waals surface area contributed by atoms with Crippen LogP contribution in [0.5, 0.6) is 0 Å². The zero-order chi connectivity index (χ0) is 47.2. The van der Waals surface area contributed by atoms with E-state index < -0.39 is 131 Å². The summed E-state index contributed by atoms with van der Waals surface area (Å²) in [4.78, 5) is 24.0. The highest BCUT2D eigenvalue weighted by Gasteiger charge is 2.97. The number of hydrogen-bond acceptors (Lipinski definition) is 7. The van der Waals surface area contributed by atoms with Gasteiger partial charge in [-0.3, -0.25) is 0 Å². The summed E-state index contributed by atoms with van der Waals surface area (Å²) < 4.78 is 314. The molecule has 0 aliphatic rings. The Morgan fingerprint density at radius 3 is 1.03 bits per heavy atom. The number of rotatable bonds is 21. The minimum atomic E-state index is -9.21. The molecule has 0 aliphatic heterocycles. The fraction of sp³-hybridized carbons (Fsp3) is 0.846. The molecule has 0 unspecified atom stereocenters. The first-order valence-electron chi connectivity index (χ1n) is 15.5. The lowest BCUT2D eigenvalue weighted by molar-refractivity contribution is -0.474. The van der Waals surface area contributed by atoms with Crippen LogP contribution in [0.3, 0.4) is 0 Å². The number of halogens is 21. The summed E-state index contributed by atoms with van der Waals surface area (Å²) in [6, 6.07) is 0. The van der Waals surface area contributed by atoms with Gasteiger partial charge >= 0.3 is 80.4 Å². The SMILES string of the molecule is C[Si](C)(C)O[Si](COC(=O)/C=C/C(=O)OC(F)(F)C(F)(F)C(F)(F)C(F)(F)C(F)(F)C(F)(F)C(F)(F)C(F)(F)C(F)(F)CCC(F)(F)F)(O[Si](C)(C)C)O[Si](C)(C)C. The highest BCUT2D eigenvalue weighted by molar-refractivity contribution is 6.90. The molecule has 0 radical (unpaired) electrons. The van der Waals surface area contributed by atoms with Gasteiger partial charge in [0.2, 0.25) is 0 Å². The van der Waals surface area contributed by atoms with E-state index in [9.17, 15) is 102 Å². The molecule has 0 aromatic rings. The van der Waals surface area contributed by atoms with Crippen LogP contribution in [-0.4, -0.2) is 112 Å². The second-order valence-electron chi connectivity index (χ2n) is 15.0. The summed E-state index contributed by atoms with van der Waals surface area (Å²) in [6.45, 7) is 14.8. The van der Waals surface area contributed by atoms with Gasteiger partial charge in [0.15, 0.2) is 31.2 Å². The molecule has 0 bridgehead atoms. The highest BCUT2D eigenvalue weighted by Crippen LogP contribution is 2.65. The first kappa shape index (κ1) is 56.0. The Balaban J connectivity index is 6.63. The van der Waals surface area contributed by atoms with Gasteiger partial charge in [0.1, 0.15) is 0 Å². The molecule has 7 nitrogen and oxygen atoms in total. The fourth-order valence-corrected chi connectivity index (χ4v) is 17.8. The smallest absolute Gasteiger partial charge is 0.458 e. The lowest BCUT2D eigenvalue weighted by Gasteiger charge is -2.44. The molecular formula is C26H35F21O7Si4. The Hall–Kier alpha value is -2.04. The molecule has 0 aromatic heterocycles. The zero-order valence-electron chi connectivity index (χ0n) is 31.1. The normalized spacial score (nSPS) is 15.9. The number of carbonyl (C=O) groups is 2. The van der Waals surface area contributed by atoms with Crippen molar-refractivity contribution in [1.29, 1.82) is 0 Å². The minimum Gasteiger partial charge on any atom is -0.458 e. The molecule has 0 spiro atoms. The van der Waals surface area contributed by atoms with Crippen molar-refractivity contribution in [3.05, 3.63) is 12.2 Å². The minimum absolute atomic E-state index is 0.262. The molecule has 0 atom stereocenters. The Morgan fingerprint density at radius 1 is 0.431 bits per heavy atom. The molecule has 0 aliphatic carbocycles. The predicted molar refractivity (Wildman–Crippen MR) is 165 cm³/mol. The van der Waals surface area contributed by atoms with Gasteiger partial charge < -0.3 is 21.8 Å². The van der Waals surface area contributed by atoms with E-state index in [1.807, 2.05) is 0 Å². The third-order valence-electron chi connectivity index (χ3n) is 6.27. The molecule has 32 heteroatoms. The summed E-state index contributed by atoms with van der Waals surface area (Å²) in [7, 11) is -12.0. The van der Waals surface area contributed by atoms with Crippen LogP contribution >= 0.6 is 0 Å². The molecule has 0 rings (SSSR count). The van der Waals surface area contributed by atoms with Crippen molar-refractivity contribution in [2.75, 3.05) is 6.23 Å². The first-order chi connectivity index (χ1) is 24.8. The Morgan fingerprint density at radius 2 is 0.724 bits per heavy atom. The van der Waals surface area contributed by atoms with Gasteiger partial charge in [-0.15, -0.1) is 0 Å². The van der Waals surface area contributed by atoms with Gasteiger partial charge in [0.25, 0.3) is 0 Å². The lowest BCUT2D eigenvalue weighted by atomic mass is 9.86. The Kier molecular flexibility index (Phi) is 16.1. The van der Waals surface area contributed by atoms with Crippen molar-refractivity contribution in [2.45, 2.75) is 131 Å². The molecular weight excluding hydrogens is 936 g/mol. The van der Waals surface area contributed by atoms with Crippen LogP contribution in [0, 0.1) is 0 Å². The van der Waals surface area contributed by atoms with Crippen LogP contribution in [0.25, 0.3) is 0 Å². The van der Waals surface area contributed by atoms with Crippen molar-refractivity contribution >= 4 is 45.7 Å². The second-order valence-corrected chi connectivity index (χ2v) is 31.8. The topological polar surface area (TPSA) is 80.3 Å². The summed E-state index contributed by atoms with van der Waals surface area (Å²) in [6.07, 6.45) is -22.3. The van der Waals surface area contributed by atoms with Gasteiger partial charge in [-0.1, -0.05) is 0 Å². The van der Waals surface area contributed by atoms with Crippen LogP contribution < -0.4 is 0 Å². The molecule has 0 fully saturated rings. The van der Waals surface area contributed by atoms with E-state index >= 15 is 0 Å². The summed E-state index contributed by atoms with van der Waals surface area (Å²) in [5, 5.41) is 0. The third-order valence-corrected chi connectivity index (χ3v) is 17.9. The first-order valence-corrected chi connectivity index (χ1v) is 27.6. The van der Waals surface area contributed by atoms with Crippen LogP contribution in [0.1, 0.15) is 12.8 Å². The lowest BCUT2D eigenvalue weighted by Crippen LogP contribution is -2.76. The summed E-state index contributed by atoms with van der Waals surface area (Å²) in [5.74, 6) is -74.1. The maximum absolute atomic E-state index is 14.2. The molecule has 0 amide bonds. The van der Waals surface area contributed by atoms with Crippen LogP contribution in [-0.2, 0) is 31.4 Å². The summed E-state index contributed by atoms with van der Waals surface area (Å²) >= 11 is 0. The van der Waals surface area contributed by atoms with Gasteiger partial charge in [-0.2, -0.15) is 92.2 Å². The molecule has 344 valence electrons. The van der Waals surface area contributed by atoms with Crippen LogP contribution in [0.4, 0.5) is 92.2 Å². The summed E-state index contributed by atoms with van der Waals surface area (Å²) in [5.41, 5.74) is 0. The molecule has 0 heterocycles. The van der Waals surface area contributed by atoms with E-state index in [-0.39, 0.29) is 6.08 Å². The van der Waals surface area contributed by atoms with Gasteiger partial charge in [0.05, 0.1) is 0 Å².